The maximum Gasteiger partial charge on any atom is 0.0539 e. The minimum atomic E-state index is 0.148. The minimum absolute atomic E-state index is 0.148. The predicted molar refractivity (Wildman–Crippen MR) is 129 cm³/mol. The van der Waals surface area contributed by atoms with Gasteiger partial charge in [0.25, 0.3) is 0 Å². The number of thioether (sulfide) groups is 1. The van der Waals surface area contributed by atoms with Crippen molar-refractivity contribution in [3.8, 4) is 0 Å². The quantitative estimate of drug-likeness (QED) is 0.288. The Morgan fingerprint density at radius 2 is 1.17 bits per heavy atom. The van der Waals surface area contributed by atoms with Crippen LogP contribution < -0.4 is 5.32 Å². The highest BCUT2D eigenvalue weighted by Gasteiger charge is 2.25. The molecule has 0 aliphatic carbocycles. The van der Waals surface area contributed by atoms with Crippen LogP contribution in [0.15, 0.2) is 120 Å². The molecule has 150 valence electrons. The van der Waals surface area contributed by atoms with E-state index in [2.05, 4.69) is 108 Å². The summed E-state index contributed by atoms with van der Waals surface area (Å²) in [6, 6.07) is 40.3. The summed E-state index contributed by atoms with van der Waals surface area (Å²) in [7, 11) is 0. The van der Waals surface area contributed by atoms with Gasteiger partial charge in [-0.2, -0.15) is 0 Å². The van der Waals surface area contributed by atoms with Gasteiger partial charge in [0.05, 0.1) is 5.25 Å². The topological polar surface area (TPSA) is 12.0 Å². The molecule has 4 rings (SSSR count). The molecule has 0 aromatic heterocycles. The molecule has 1 N–H and O–H groups in total. The lowest BCUT2D eigenvalue weighted by Gasteiger charge is -2.29. The van der Waals surface area contributed by atoms with Crippen molar-refractivity contribution in [2.75, 3.05) is 0 Å². The summed E-state index contributed by atoms with van der Waals surface area (Å²) in [6.45, 7) is 0.810. The summed E-state index contributed by atoms with van der Waals surface area (Å²) in [4.78, 5) is 1.20. The second-order valence-electron chi connectivity index (χ2n) is 7.16. The molecule has 30 heavy (non-hydrogen) atoms. The Bertz CT molecular complexity index is 1020. The summed E-state index contributed by atoms with van der Waals surface area (Å²) in [5, 5.41) is 4.80. The van der Waals surface area contributed by atoms with E-state index in [-0.39, 0.29) is 11.3 Å². The largest absolute Gasteiger partial charge is 0.305 e. The number of hydrogen-bond donors (Lipinski definition) is 1. The van der Waals surface area contributed by atoms with Gasteiger partial charge in [-0.3, -0.25) is 0 Å². The third-order valence-corrected chi connectivity index (χ3v) is 6.63. The molecule has 0 radical (unpaired) electrons. The lowest BCUT2D eigenvalue weighted by molar-refractivity contribution is 0.522. The zero-order chi connectivity index (χ0) is 20.6. The molecule has 0 heterocycles. The summed E-state index contributed by atoms with van der Waals surface area (Å²) < 4.78 is 0. The standard InChI is InChI=1S/C27H24ClNS/c28-24-16-18-25(19-17-24)30-27(23-14-8-3-9-15-23)26(22-12-6-2-7-13-22)29-20-21-10-4-1-5-11-21/h1-19,26-27,29H,20H2/t26-,27+/m0/s1. The van der Waals surface area contributed by atoms with Crippen LogP contribution in [0.5, 0.6) is 0 Å². The Labute approximate surface area is 188 Å². The zero-order valence-electron chi connectivity index (χ0n) is 16.6. The first-order chi connectivity index (χ1) is 14.8. The predicted octanol–water partition coefficient (Wildman–Crippen LogP) is 7.70. The molecule has 0 saturated carbocycles. The van der Waals surface area contributed by atoms with Crippen molar-refractivity contribution in [2.45, 2.75) is 22.7 Å². The highest BCUT2D eigenvalue weighted by molar-refractivity contribution is 7.99. The molecule has 0 amide bonds. The van der Waals surface area contributed by atoms with Crippen molar-refractivity contribution in [2.24, 2.45) is 0 Å². The number of hydrogen-bond acceptors (Lipinski definition) is 2. The van der Waals surface area contributed by atoms with Crippen molar-refractivity contribution >= 4 is 23.4 Å². The fourth-order valence-electron chi connectivity index (χ4n) is 3.51. The van der Waals surface area contributed by atoms with Crippen molar-refractivity contribution in [3.63, 3.8) is 0 Å². The summed E-state index contributed by atoms with van der Waals surface area (Å²) in [5.41, 5.74) is 3.86. The van der Waals surface area contributed by atoms with Crippen LogP contribution >= 0.6 is 23.4 Å². The van der Waals surface area contributed by atoms with Gasteiger partial charge in [-0.25, -0.2) is 0 Å². The third-order valence-electron chi connectivity index (χ3n) is 5.04. The zero-order valence-corrected chi connectivity index (χ0v) is 18.2. The van der Waals surface area contributed by atoms with E-state index in [4.69, 9.17) is 11.6 Å². The van der Waals surface area contributed by atoms with Crippen molar-refractivity contribution in [1.82, 2.24) is 5.32 Å². The first-order valence-electron chi connectivity index (χ1n) is 10.1. The van der Waals surface area contributed by atoms with Crippen LogP contribution in [0.1, 0.15) is 28.0 Å². The van der Waals surface area contributed by atoms with E-state index in [0.717, 1.165) is 11.6 Å². The van der Waals surface area contributed by atoms with Gasteiger partial charge in [0.2, 0.25) is 0 Å². The second kappa shape index (κ2) is 10.5. The average molecular weight is 430 g/mol. The molecule has 0 aliphatic rings. The van der Waals surface area contributed by atoms with E-state index in [1.165, 1.54) is 21.6 Å². The van der Waals surface area contributed by atoms with Gasteiger partial charge in [0, 0.05) is 22.5 Å². The Morgan fingerprint density at radius 3 is 1.77 bits per heavy atom. The molecular weight excluding hydrogens is 406 g/mol. The van der Waals surface area contributed by atoms with E-state index < -0.39 is 0 Å². The lowest BCUT2D eigenvalue weighted by Crippen LogP contribution is -2.25. The molecule has 2 atom stereocenters. The normalized spacial score (nSPS) is 13.0. The van der Waals surface area contributed by atoms with Crippen LogP contribution in [0.3, 0.4) is 0 Å². The maximum atomic E-state index is 6.12. The van der Waals surface area contributed by atoms with Gasteiger partial charge < -0.3 is 5.32 Å². The minimum Gasteiger partial charge on any atom is -0.305 e. The summed E-state index contributed by atoms with van der Waals surface area (Å²) >= 11 is 7.99. The molecule has 1 nitrogen and oxygen atoms in total. The van der Waals surface area contributed by atoms with Gasteiger partial charge in [-0.05, 0) is 41.0 Å². The third kappa shape index (κ3) is 5.54. The van der Waals surface area contributed by atoms with Gasteiger partial charge in [0.1, 0.15) is 0 Å². The molecule has 0 unspecified atom stereocenters. The molecule has 4 aromatic rings. The number of rotatable bonds is 8. The van der Waals surface area contributed by atoms with Crippen molar-refractivity contribution < 1.29 is 0 Å². The number of halogens is 1. The SMILES string of the molecule is Clc1ccc(S[C@H](c2ccccc2)[C@@H](NCc2ccccc2)c2ccccc2)cc1. The highest BCUT2D eigenvalue weighted by atomic mass is 35.5. The van der Waals surface area contributed by atoms with E-state index in [1.54, 1.807) is 0 Å². The molecule has 0 saturated heterocycles. The van der Waals surface area contributed by atoms with Crippen LogP contribution in [0.2, 0.25) is 5.02 Å². The smallest absolute Gasteiger partial charge is 0.0539 e. The van der Waals surface area contributed by atoms with Crippen LogP contribution in [-0.2, 0) is 6.54 Å². The molecule has 0 bridgehead atoms. The van der Waals surface area contributed by atoms with E-state index >= 15 is 0 Å². The Balaban J connectivity index is 1.69. The monoisotopic (exact) mass is 429 g/mol. The van der Waals surface area contributed by atoms with Gasteiger partial charge in [-0.1, -0.05) is 103 Å². The maximum absolute atomic E-state index is 6.12. The molecule has 0 aliphatic heterocycles. The Hall–Kier alpha value is -2.52. The summed E-state index contributed by atoms with van der Waals surface area (Å²) in [5.74, 6) is 0. The Morgan fingerprint density at radius 1 is 0.633 bits per heavy atom. The van der Waals surface area contributed by atoms with Gasteiger partial charge in [-0.15, -0.1) is 11.8 Å². The second-order valence-corrected chi connectivity index (χ2v) is 8.81. The van der Waals surface area contributed by atoms with E-state index in [1.807, 2.05) is 23.9 Å². The van der Waals surface area contributed by atoms with E-state index in [0.29, 0.717) is 0 Å². The fourth-order valence-corrected chi connectivity index (χ4v) is 4.91. The van der Waals surface area contributed by atoms with Crippen molar-refractivity contribution in [1.29, 1.82) is 0 Å². The molecule has 3 heteroatoms. The van der Waals surface area contributed by atoms with Gasteiger partial charge >= 0.3 is 0 Å². The fraction of sp³-hybridized carbons (Fsp3) is 0.111. The molecule has 0 fully saturated rings. The van der Waals surface area contributed by atoms with Crippen molar-refractivity contribution in [3.05, 3.63) is 137 Å². The van der Waals surface area contributed by atoms with Crippen LogP contribution in [0.4, 0.5) is 0 Å². The number of benzene rings is 4. The van der Waals surface area contributed by atoms with Crippen LogP contribution in [0, 0.1) is 0 Å². The first kappa shape index (κ1) is 20.7. The molecule has 0 spiro atoms. The molecule has 4 aromatic carbocycles. The number of nitrogens with one attached hydrogen (secondary N) is 1. The Kier molecular flexibility index (Phi) is 7.25. The summed E-state index contributed by atoms with van der Waals surface area (Å²) in [6.07, 6.45) is 0. The lowest BCUT2D eigenvalue weighted by atomic mass is 9.98. The van der Waals surface area contributed by atoms with Gasteiger partial charge in [0.15, 0.2) is 0 Å². The first-order valence-corrected chi connectivity index (χ1v) is 11.3. The average Bonchev–Trinajstić information content (AvgIpc) is 2.82. The highest BCUT2D eigenvalue weighted by Crippen LogP contribution is 2.44. The van der Waals surface area contributed by atoms with Crippen LogP contribution in [0.25, 0.3) is 0 Å². The van der Waals surface area contributed by atoms with E-state index in [9.17, 15) is 0 Å². The van der Waals surface area contributed by atoms with Crippen LogP contribution in [-0.4, -0.2) is 0 Å². The molecular formula is C27H24ClNS.